The number of rotatable bonds is 5. The highest BCUT2D eigenvalue weighted by molar-refractivity contribution is 6.29. The number of nitrogens with zero attached hydrogens (tertiary/aromatic N) is 1. The maximum atomic E-state index is 6.05. The summed E-state index contributed by atoms with van der Waals surface area (Å²) in [6, 6.07) is 21.2. The number of halogens is 1. The first-order chi connectivity index (χ1) is 11.3. The minimum atomic E-state index is 0.433. The number of methoxy groups -OCH3 is 1. The van der Waals surface area contributed by atoms with Gasteiger partial charge in [-0.15, -0.1) is 0 Å². The zero-order chi connectivity index (χ0) is 16.1. The molecule has 1 aromatic heterocycles. The molecule has 1 heterocycles. The maximum Gasteiger partial charge on any atom is 0.146 e. The normalized spacial score (nSPS) is 10.3. The van der Waals surface area contributed by atoms with E-state index >= 15 is 0 Å². The molecular weight excluding hydrogens is 310 g/mol. The summed E-state index contributed by atoms with van der Waals surface area (Å²) in [5.74, 6) is 1.49. The van der Waals surface area contributed by atoms with Crippen molar-refractivity contribution in [2.75, 3.05) is 7.11 Å². The number of hydrogen-bond donors (Lipinski definition) is 0. The van der Waals surface area contributed by atoms with Crippen LogP contribution in [0.15, 0.2) is 66.7 Å². The number of ether oxygens (including phenoxy) is 2. The summed E-state index contributed by atoms with van der Waals surface area (Å²) < 4.78 is 11.1. The van der Waals surface area contributed by atoms with Crippen molar-refractivity contribution in [3.05, 3.63) is 77.4 Å². The summed E-state index contributed by atoms with van der Waals surface area (Å²) in [5.41, 5.74) is 2.75. The third kappa shape index (κ3) is 3.82. The van der Waals surface area contributed by atoms with E-state index in [-0.39, 0.29) is 0 Å². The molecule has 0 unspecified atom stereocenters. The molecule has 4 heteroatoms. The van der Waals surface area contributed by atoms with Crippen molar-refractivity contribution in [2.45, 2.75) is 6.61 Å². The van der Waals surface area contributed by atoms with Crippen molar-refractivity contribution in [1.82, 2.24) is 4.98 Å². The van der Waals surface area contributed by atoms with Gasteiger partial charge in [0, 0.05) is 5.56 Å². The third-order valence-electron chi connectivity index (χ3n) is 3.42. The molecular formula is C19H16ClNO2. The number of benzene rings is 2. The quantitative estimate of drug-likeness (QED) is 0.619. The highest BCUT2D eigenvalue weighted by Gasteiger charge is 2.10. The monoisotopic (exact) mass is 325 g/mol. The van der Waals surface area contributed by atoms with Crippen LogP contribution >= 0.6 is 11.6 Å². The van der Waals surface area contributed by atoms with Crippen LogP contribution in [0.2, 0.25) is 5.15 Å². The lowest BCUT2D eigenvalue weighted by molar-refractivity contribution is 0.306. The largest absolute Gasteiger partial charge is 0.497 e. The molecule has 0 amide bonds. The highest BCUT2D eigenvalue weighted by atomic mass is 35.5. The predicted molar refractivity (Wildman–Crippen MR) is 92.0 cm³/mol. The van der Waals surface area contributed by atoms with E-state index in [0.29, 0.717) is 17.5 Å². The van der Waals surface area contributed by atoms with Gasteiger partial charge < -0.3 is 9.47 Å². The summed E-state index contributed by atoms with van der Waals surface area (Å²) in [5, 5.41) is 0.433. The molecule has 3 nitrogen and oxygen atoms in total. The molecule has 0 aliphatic rings. The molecule has 0 aliphatic heterocycles. The van der Waals surface area contributed by atoms with Gasteiger partial charge in [0.2, 0.25) is 0 Å². The smallest absolute Gasteiger partial charge is 0.146 e. The Labute approximate surface area is 140 Å². The minimum absolute atomic E-state index is 0.433. The second kappa shape index (κ2) is 7.16. The van der Waals surface area contributed by atoms with Crippen LogP contribution in [-0.4, -0.2) is 12.1 Å². The molecule has 2 aromatic carbocycles. The molecule has 0 atom stereocenters. The highest BCUT2D eigenvalue weighted by Crippen LogP contribution is 2.31. The molecule has 0 spiro atoms. The van der Waals surface area contributed by atoms with Crippen LogP contribution in [0.25, 0.3) is 11.3 Å². The van der Waals surface area contributed by atoms with E-state index in [1.54, 1.807) is 13.2 Å². The first-order valence-corrected chi connectivity index (χ1v) is 7.62. The van der Waals surface area contributed by atoms with Gasteiger partial charge in [-0.3, -0.25) is 0 Å². The Morgan fingerprint density at radius 2 is 1.65 bits per heavy atom. The Bertz CT molecular complexity index is 773. The van der Waals surface area contributed by atoms with E-state index in [4.69, 9.17) is 21.1 Å². The van der Waals surface area contributed by atoms with Crippen LogP contribution in [-0.2, 0) is 6.61 Å². The van der Waals surface area contributed by atoms with Gasteiger partial charge in [-0.05, 0) is 42.0 Å². The second-order valence-electron chi connectivity index (χ2n) is 4.98. The van der Waals surface area contributed by atoms with Gasteiger partial charge in [0.15, 0.2) is 0 Å². The average Bonchev–Trinajstić information content (AvgIpc) is 2.61. The molecule has 23 heavy (non-hydrogen) atoms. The van der Waals surface area contributed by atoms with E-state index < -0.39 is 0 Å². The van der Waals surface area contributed by atoms with Gasteiger partial charge in [-0.1, -0.05) is 41.9 Å². The Morgan fingerprint density at radius 1 is 0.913 bits per heavy atom. The van der Waals surface area contributed by atoms with E-state index in [9.17, 15) is 0 Å². The predicted octanol–water partition coefficient (Wildman–Crippen LogP) is 4.99. The molecule has 0 bridgehead atoms. The molecule has 116 valence electrons. The number of pyridine rings is 1. The Kier molecular flexibility index (Phi) is 4.79. The lowest BCUT2D eigenvalue weighted by atomic mass is 10.1. The van der Waals surface area contributed by atoms with Crippen molar-refractivity contribution < 1.29 is 9.47 Å². The lowest BCUT2D eigenvalue weighted by Gasteiger charge is -2.12. The third-order valence-corrected chi connectivity index (χ3v) is 3.64. The van der Waals surface area contributed by atoms with Crippen LogP contribution < -0.4 is 9.47 Å². The van der Waals surface area contributed by atoms with Gasteiger partial charge in [0.1, 0.15) is 29.0 Å². The fourth-order valence-corrected chi connectivity index (χ4v) is 2.38. The first-order valence-electron chi connectivity index (χ1n) is 7.24. The fraction of sp³-hybridized carbons (Fsp3) is 0.105. The topological polar surface area (TPSA) is 31.4 Å². The molecule has 0 N–H and O–H groups in total. The Balaban J connectivity index is 1.88. The molecule has 3 rings (SSSR count). The molecule has 0 saturated heterocycles. The van der Waals surface area contributed by atoms with Gasteiger partial charge in [0.05, 0.1) is 7.11 Å². The lowest BCUT2D eigenvalue weighted by Crippen LogP contribution is -1.98. The van der Waals surface area contributed by atoms with Crippen LogP contribution in [0.1, 0.15) is 5.56 Å². The van der Waals surface area contributed by atoms with Crippen molar-refractivity contribution in [3.63, 3.8) is 0 Å². The van der Waals surface area contributed by atoms with E-state index in [1.165, 1.54) is 0 Å². The zero-order valence-corrected chi connectivity index (χ0v) is 13.5. The second-order valence-corrected chi connectivity index (χ2v) is 5.37. The molecule has 0 saturated carbocycles. The SMILES string of the molecule is COc1ccc(-c2nc(Cl)ccc2OCc2ccccc2)cc1. The van der Waals surface area contributed by atoms with Gasteiger partial charge in [0.25, 0.3) is 0 Å². The zero-order valence-electron chi connectivity index (χ0n) is 12.7. The van der Waals surface area contributed by atoms with Crippen LogP contribution in [0.5, 0.6) is 11.5 Å². The molecule has 3 aromatic rings. The van der Waals surface area contributed by atoms with Crippen LogP contribution in [0, 0.1) is 0 Å². The molecule has 0 fully saturated rings. The average molecular weight is 326 g/mol. The summed E-state index contributed by atoms with van der Waals surface area (Å²) in [4.78, 5) is 4.41. The molecule has 0 aliphatic carbocycles. The minimum Gasteiger partial charge on any atom is -0.497 e. The van der Waals surface area contributed by atoms with Crippen LogP contribution in [0.4, 0.5) is 0 Å². The molecule has 0 radical (unpaired) electrons. The van der Waals surface area contributed by atoms with Crippen molar-refractivity contribution in [3.8, 4) is 22.8 Å². The van der Waals surface area contributed by atoms with Crippen molar-refractivity contribution >= 4 is 11.6 Å². The van der Waals surface area contributed by atoms with Gasteiger partial charge in [-0.25, -0.2) is 4.98 Å². The van der Waals surface area contributed by atoms with Crippen LogP contribution in [0.3, 0.4) is 0 Å². The van der Waals surface area contributed by atoms with E-state index in [2.05, 4.69) is 4.98 Å². The number of hydrogen-bond acceptors (Lipinski definition) is 3. The summed E-state index contributed by atoms with van der Waals surface area (Å²) >= 11 is 6.05. The van der Waals surface area contributed by atoms with Crippen molar-refractivity contribution in [1.29, 1.82) is 0 Å². The summed E-state index contributed by atoms with van der Waals surface area (Å²) in [6.07, 6.45) is 0. The van der Waals surface area contributed by atoms with Gasteiger partial charge >= 0.3 is 0 Å². The first kappa shape index (κ1) is 15.4. The van der Waals surface area contributed by atoms with Gasteiger partial charge in [-0.2, -0.15) is 0 Å². The maximum absolute atomic E-state index is 6.05. The summed E-state index contributed by atoms with van der Waals surface area (Å²) in [7, 11) is 1.64. The number of aromatic nitrogens is 1. The van der Waals surface area contributed by atoms with E-state index in [0.717, 1.165) is 22.6 Å². The van der Waals surface area contributed by atoms with Crippen molar-refractivity contribution in [2.24, 2.45) is 0 Å². The Morgan fingerprint density at radius 3 is 2.35 bits per heavy atom. The van der Waals surface area contributed by atoms with E-state index in [1.807, 2.05) is 60.7 Å². The Hall–Kier alpha value is -2.52. The standard InChI is InChI=1S/C19H16ClNO2/c1-22-16-9-7-15(8-10-16)19-17(11-12-18(20)21-19)23-13-14-5-3-2-4-6-14/h2-12H,13H2,1H3. The fourth-order valence-electron chi connectivity index (χ4n) is 2.23. The summed E-state index contributed by atoms with van der Waals surface area (Å²) in [6.45, 7) is 0.479.